The summed E-state index contributed by atoms with van der Waals surface area (Å²) in [6.07, 6.45) is 10.8. The van der Waals surface area contributed by atoms with E-state index in [1.165, 1.54) is 6.42 Å². The molecule has 1 aromatic carbocycles. The number of likely N-dealkylation sites (N-methyl/N-ethyl adjacent to an activating group) is 1. The van der Waals surface area contributed by atoms with E-state index in [0.717, 1.165) is 74.8 Å². The lowest BCUT2D eigenvalue weighted by atomic mass is 9.73. The fourth-order valence-corrected chi connectivity index (χ4v) is 5.33. The van der Waals surface area contributed by atoms with Gasteiger partial charge in [-0.05, 0) is 24.5 Å². The van der Waals surface area contributed by atoms with Crippen molar-refractivity contribution < 1.29 is 19.1 Å². The summed E-state index contributed by atoms with van der Waals surface area (Å²) in [7, 11) is 2.27. The van der Waals surface area contributed by atoms with E-state index in [9.17, 15) is 9.90 Å². The Kier molecular flexibility index (Phi) is 7.21. The average Bonchev–Trinajstić information content (AvgIpc) is 2.85. The Labute approximate surface area is 191 Å². The molecule has 2 heterocycles. The monoisotopic (exact) mass is 438 g/mol. The maximum Gasteiger partial charge on any atom is 0.343 e. The Hall–Kier alpha value is -2.31. The second-order valence-electron chi connectivity index (χ2n) is 9.81. The number of benzene rings is 1. The number of ether oxygens (including phenoxy) is 1. The zero-order valence-corrected chi connectivity index (χ0v) is 19.2. The normalized spacial score (nSPS) is 26.2. The molecule has 6 nitrogen and oxygen atoms in total. The zero-order chi connectivity index (χ0) is 22.4. The summed E-state index contributed by atoms with van der Waals surface area (Å²) < 4.78 is 6.95. The van der Waals surface area contributed by atoms with Gasteiger partial charge in [-0.1, -0.05) is 49.6 Å². The van der Waals surface area contributed by atoms with Crippen LogP contribution in [0.3, 0.4) is 0 Å². The lowest BCUT2D eigenvalue weighted by molar-refractivity contribution is -0.914. The summed E-state index contributed by atoms with van der Waals surface area (Å²) >= 11 is 0. The van der Waals surface area contributed by atoms with Gasteiger partial charge in [-0.25, -0.2) is 14.8 Å². The average molecular weight is 439 g/mol. The standard InChI is InChI=1S/C26H36N3O3/c1-29(17-13-23-12-16-27-20-28-23)18-14-24(15-19-29)32-25(30)26(31,21-8-4-2-5-9-21)22-10-6-3-7-11-22/h2,4-5,8-9,12,16,20,22,24,31H,3,6-7,10-11,13-15,17-19H2,1H3/q+1. The van der Waals surface area contributed by atoms with Crippen LogP contribution in [0.25, 0.3) is 0 Å². The van der Waals surface area contributed by atoms with Crippen molar-refractivity contribution in [1.29, 1.82) is 0 Å². The van der Waals surface area contributed by atoms with Crippen molar-refractivity contribution >= 4 is 5.97 Å². The Morgan fingerprint density at radius 3 is 2.47 bits per heavy atom. The molecule has 2 aromatic rings. The van der Waals surface area contributed by atoms with Gasteiger partial charge in [-0.2, -0.15) is 0 Å². The molecule has 0 spiro atoms. The van der Waals surface area contributed by atoms with Crippen LogP contribution in [-0.4, -0.2) is 58.3 Å². The molecule has 32 heavy (non-hydrogen) atoms. The highest BCUT2D eigenvalue weighted by Crippen LogP contribution is 2.41. The highest BCUT2D eigenvalue weighted by Gasteiger charge is 2.48. The fourth-order valence-electron chi connectivity index (χ4n) is 5.33. The first-order chi connectivity index (χ1) is 15.5. The molecule has 0 amide bonds. The molecular formula is C26H36N3O3+. The summed E-state index contributed by atoms with van der Waals surface area (Å²) in [5.74, 6) is -0.540. The number of hydrogen-bond donors (Lipinski definition) is 1. The van der Waals surface area contributed by atoms with Gasteiger partial charge in [0.05, 0.1) is 26.7 Å². The first kappa shape index (κ1) is 22.9. The van der Waals surface area contributed by atoms with E-state index in [4.69, 9.17) is 4.74 Å². The molecule has 6 heteroatoms. The van der Waals surface area contributed by atoms with Crippen LogP contribution < -0.4 is 0 Å². The number of nitrogens with zero attached hydrogens (tertiary/aromatic N) is 3. The number of hydrogen-bond acceptors (Lipinski definition) is 5. The molecule has 1 saturated heterocycles. The van der Waals surface area contributed by atoms with E-state index in [-0.39, 0.29) is 12.0 Å². The number of piperidine rings is 1. The molecule has 1 aliphatic carbocycles. The van der Waals surface area contributed by atoms with Crippen LogP contribution in [0, 0.1) is 5.92 Å². The predicted octanol–water partition coefficient (Wildman–Crippen LogP) is 3.64. The topological polar surface area (TPSA) is 72.3 Å². The minimum atomic E-state index is -1.55. The smallest absolute Gasteiger partial charge is 0.343 e. The third kappa shape index (κ3) is 5.18. The Morgan fingerprint density at radius 2 is 1.81 bits per heavy atom. The van der Waals surface area contributed by atoms with Crippen LogP contribution >= 0.6 is 0 Å². The number of carbonyl (C=O) groups is 1. The SMILES string of the molecule is C[N+]1(CCc2ccncn2)CCC(OC(=O)C(O)(c2ccccc2)C2CCCCC2)CC1. The number of rotatable bonds is 7. The van der Waals surface area contributed by atoms with Gasteiger partial charge in [0.2, 0.25) is 0 Å². The first-order valence-electron chi connectivity index (χ1n) is 12.1. The largest absolute Gasteiger partial charge is 0.460 e. The first-order valence-corrected chi connectivity index (χ1v) is 12.1. The highest BCUT2D eigenvalue weighted by atomic mass is 16.6. The van der Waals surface area contributed by atoms with Crippen LogP contribution in [-0.2, 0) is 21.6 Å². The van der Waals surface area contributed by atoms with E-state index in [1.54, 1.807) is 12.5 Å². The van der Waals surface area contributed by atoms with Gasteiger partial charge < -0.3 is 14.3 Å². The van der Waals surface area contributed by atoms with Crippen molar-refractivity contribution in [2.45, 2.75) is 63.1 Å². The van der Waals surface area contributed by atoms with Crippen LogP contribution in [0.2, 0.25) is 0 Å². The molecule has 0 bridgehead atoms. The minimum Gasteiger partial charge on any atom is -0.460 e. The van der Waals surface area contributed by atoms with Crippen molar-refractivity contribution in [1.82, 2.24) is 9.97 Å². The van der Waals surface area contributed by atoms with Gasteiger partial charge in [-0.15, -0.1) is 0 Å². The van der Waals surface area contributed by atoms with Crippen LogP contribution in [0.4, 0.5) is 0 Å². The van der Waals surface area contributed by atoms with E-state index >= 15 is 0 Å². The maximum absolute atomic E-state index is 13.4. The second-order valence-corrected chi connectivity index (χ2v) is 9.81. The summed E-state index contributed by atoms with van der Waals surface area (Å²) in [6.45, 7) is 2.92. The lowest BCUT2D eigenvalue weighted by Crippen LogP contribution is -2.53. The van der Waals surface area contributed by atoms with E-state index in [2.05, 4.69) is 17.0 Å². The van der Waals surface area contributed by atoms with Crippen molar-refractivity contribution in [2.24, 2.45) is 5.92 Å². The van der Waals surface area contributed by atoms with Crippen molar-refractivity contribution in [3.8, 4) is 0 Å². The molecule has 1 atom stereocenters. The van der Waals surface area contributed by atoms with Crippen molar-refractivity contribution in [3.63, 3.8) is 0 Å². The molecule has 2 fully saturated rings. The number of likely N-dealkylation sites (tertiary alicyclic amines) is 1. The molecule has 0 radical (unpaired) electrons. The summed E-state index contributed by atoms with van der Waals surface area (Å²) in [6, 6.07) is 11.4. The quantitative estimate of drug-likeness (QED) is 0.528. The predicted molar refractivity (Wildman–Crippen MR) is 123 cm³/mol. The molecule has 2 aliphatic rings. The van der Waals surface area contributed by atoms with E-state index < -0.39 is 11.6 Å². The Balaban J connectivity index is 1.38. The van der Waals surface area contributed by atoms with Crippen LogP contribution in [0.15, 0.2) is 48.9 Å². The van der Waals surface area contributed by atoms with Crippen molar-refractivity contribution in [2.75, 3.05) is 26.7 Å². The summed E-state index contributed by atoms with van der Waals surface area (Å²) in [5.41, 5.74) is 0.177. The number of aromatic nitrogens is 2. The molecule has 1 aromatic heterocycles. The van der Waals surface area contributed by atoms with Gasteiger partial charge in [0.25, 0.3) is 0 Å². The van der Waals surface area contributed by atoms with E-state index in [0.29, 0.717) is 5.56 Å². The Morgan fingerprint density at radius 1 is 1.09 bits per heavy atom. The summed E-state index contributed by atoms with van der Waals surface area (Å²) in [4.78, 5) is 21.7. The number of quaternary nitrogens is 1. The summed E-state index contributed by atoms with van der Waals surface area (Å²) in [5, 5.41) is 11.7. The third-order valence-electron chi connectivity index (χ3n) is 7.53. The van der Waals surface area contributed by atoms with Gasteiger partial charge in [-0.3, -0.25) is 0 Å². The molecule has 172 valence electrons. The highest BCUT2D eigenvalue weighted by molar-refractivity contribution is 5.81. The maximum atomic E-state index is 13.4. The van der Waals surface area contributed by atoms with E-state index in [1.807, 2.05) is 36.4 Å². The van der Waals surface area contributed by atoms with Gasteiger partial charge in [0, 0.05) is 37.1 Å². The van der Waals surface area contributed by atoms with Crippen LogP contribution in [0.5, 0.6) is 0 Å². The molecule has 4 rings (SSSR count). The van der Waals surface area contributed by atoms with Crippen LogP contribution in [0.1, 0.15) is 56.2 Å². The lowest BCUT2D eigenvalue weighted by Gasteiger charge is -2.42. The van der Waals surface area contributed by atoms with Gasteiger partial charge in [0.1, 0.15) is 12.4 Å². The number of esters is 1. The van der Waals surface area contributed by atoms with Gasteiger partial charge >= 0.3 is 5.97 Å². The molecule has 1 N–H and O–H groups in total. The minimum absolute atomic E-state index is 0.0800. The Bertz CT molecular complexity index is 862. The number of aliphatic hydroxyl groups is 1. The molecule has 1 aliphatic heterocycles. The zero-order valence-electron chi connectivity index (χ0n) is 19.2. The molecule has 1 saturated carbocycles. The fraction of sp³-hybridized carbons (Fsp3) is 0.577. The molecule has 1 unspecified atom stereocenters. The third-order valence-corrected chi connectivity index (χ3v) is 7.53. The molecular weight excluding hydrogens is 402 g/mol. The second kappa shape index (κ2) is 10.1. The number of carbonyl (C=O) groups excluding carboxylic acids is 1. The van der Waals surface area contributed by atoms with Crippen molar-refractivity contribution in [3.05, 3.63) is 60.2 Å². The van der Waals surface area contributed by atoms with Gasteiger partial charge in [0.15, 0.2) is 5.60 Å².